The standard InChI is InChI=1S/C22H31N5O2/c1-16-20(17(2)27(25-16)14-6-13-23)11-12-22(28)24-15-21(26(3)4)18-7-9-19(29-5)10-8-18/h7-10,21H,6,11-12,14-15H2,1-5H3,(H,24,28)/t21-/m0/s1. The molecular formula is C22H31N5O2. The number of nitrogens with one attached hydrogen (secondary N) is 1. The predicted octanol–water partition coefficient (Wildman–Crippen LogP) is 2.77. The highest BCUT2D eigenvalue weighted by molar-refractivity contribution is 5.76. The lowest BCUT2D eigenvalue weighted by atomic mass is 10.1. The number of aromatic nitrogens is 2. The van der Waals surface area contributed by atoms with E-state index in [1.54, 1.807) is 7.11 Å². The third-order valence-electron chi connectivity index (χ3n) is 5.19. The van der Waals surface area contributed by atoms with Crippen molar-refractivity contribution in [3.63, 3.8) is 0 Å². The van der Waals surface area contributed by atoms with Gasteiger partial charge in [-0.1, -0.05) is 12.1 Å². The summed E-state index contributed by atoms with van der Waals surface area (Å²) in [5, 5.41) is 16.3. The molecule has 156 valence electrons. The van der Waals surface area contributed by atoms with Crippen molar-refractivity contribution in [1.82, 2.24) is 20.0 Å². The Hall–Kier alpha value is -2.85. The molecule has 0 radical (unpaired) electrons. The molecule has 0 aliphatic rings. The number of ether oxygens (including phenoxy) is 1. The number of aryl methyl sites for hydroxylation is 2. The zero-order valence-electron chi connectivity index (χ0n) is 18.0. The highest BCUT2D eigenvalue weighted by Crippen LogP contribution is 2.21. The summed E-state index contributed by atoms with van der Waals surface area (Å²) in [6.45, 7) is 5.07. The van der Waals surface area contributed by atoms with Gasteiger partial charge in [0, 0.05) is 18.7 Å². The second-order valence-electron chi connectivity index (χ2n) is 7.34. The number of likely N-dealkylation sites (N-methyl/N-ethyl adjacent to an activating group) is 1. The van der Waals surface area contributed by atoms with Gasteiger partial charge in [0.25, 0.3) is 0 Å². The molecule has 2 aromatic rings. The molecule has 2 rings (SSSR count). The number of hydrogen-bond donors (Lipinski definition) is 1. The quantitative estimate of drug-likeness (QED) is 0.666. The first-order chi connectivity index (χ1) is 13.9. The Labute approximate surface area is 173 Å². The molecule has 29 heavy (non-hydrogen) atoms. The van der Waals surface area contributed by atoms with Crippen LogP contribution >= 0.6 is 0 Å². The van der Waals surface area contributed by atoms with E-state index in [0.717, 1.165) is 28.3 Å². The molecule has 1 heterocycles. The largest absolute Gasteiger partial charge is 0.497 e. The Morgan fingerprint density at radius 2 is 2.00 bits per heavy atom. The molecule has 0 saturated carbocycles. The number of benzene rings is 1. The molecule has 7 heteroatoms. The normalized spacial score (nSPS) is 11.9. The first-order valence-electron chi connectivity index (χ1n) is 9.84. The third kappa shape index (κ3) is 6.06. The van der Waals surface area contributed by atoms with Crippen LogP contribution < -0.4 is 10.1 Å². The molecule has 0 bridgehead atoms. The summed E-state index contributed by atoms with van der Waals surface area (Å²) in [6.07, 6.45) is 1.48. The van der Waals surface area contributed by atoms with Gasteiger partial charge in [0.1, 0.15) is 5.75 Å². The first-order valence-corrected chi connectivity index (χ1v) is 9.84. The van der Waals surface area contributed by atoms with Crippen molar-refractivity contribution in [2.45, 2.75) is 45.7 Å². The lowest BCUT2D eigenvalue weighted by molar-refractivity contribution is -0.121. The summed E-state index contributed by atoms with van der Waals surface area (Å²) in [5.74, 6) is 0.838. The fourth-order valence-corrected chi connectivity index (χ4v) is 3.43. The monoisotopic (exact) mass is 397 g/mol. The molecule has 0 fully saturated rings. The maximum Gasteiger partial charge on any atom is 0.220 e. The van der Waals surface area contributed by atoms with E-state index >= 15 is 0 Å². The van der Waals surface area contributed by atoms with Crippen LogP contribution in [0.4, 0.5) is 0 Å². The predicted molar refractivity (Wildman–Crippen MR) is 113 cm³/mol. The van der Waals surface area contributed by atoms with Gasteiger partial charge in [-0.3, -0.25) is 9.48 Å². The van der Waals surface area contributed by atoms with E-state index in [2.05, 4.69) is 21.4 Å². The molecule has 0 aliphatic heterocycles. The third-order valence-corrected chi connectivity index (χ3v) is 5.19. The van der Waals surface area contributed by atoms with E-state index in [0.29, 0.717) is 32.4 Å². The van der Waals surface area contributed by atoms with Crippen LogP contribution in [0.15, 0.2) is 24.3 Å². The van der Waals surface area contributed by atoms with Crippen LogP contribution in [0.5, 0.6) is 5.75 Å². The molecule has 7 nitrogen and oxygen atoms in total. The maximum absolute atomic E-state index is 12.5. The lowest BCUT2D eigenvalue weighted by Crippen LogP contribution is -2.34. The second-order valence-corrected chi connectivity index (χ2v) is 7.34. The van der Waals surface area contributed by atoms with Crippen molar-refractivity contribution in [1.29, 1.82) is 5.26 Å². The van der Waals surface area contributed by atoms with Crippen molar-refractivity contribution >= 4 is 5.91 Å². The fraction of sp³-hybridized carbons (Fsp3) is 0.500. The Morgan fingerprint density at radius 3 is 2.59 bits per heavy atom. The van der Waals surface area contributed by atoms with E-state index in [9.17, 15) is 4.79 Å². The molecule has 0 saturated heterocycles. The Balaban J connectivity index is 1.93. The van der Waals surface area contributed by atoms with Crippen LogP contribution in [-0.2, 0) is 17.8 Å². The molecular weight excluding hydrogens is 366 g/mol. The summed E-state index contributed by atoms with van der Waals surface area (Å²) in [4.78, 5) is 14.5. The minimum atomic E-state index is 0.0222. The average molecular weight is 398 g/mol. The first kappa shape index (κ1) is 22.4. The van der Waals surface area contributed by atoms with Crippen LogP contribution in [0.1, 0.15) is 41.4 Å². The molecule has 1 aromatic carbocycles. The number of nitriles is 1. The van der Waals surface area contributed by atoms with E-state index in [4.69, 9.17) is 10.00 Å². The topological polar surface area (TPSA) is 83.2 Å². The van der Waals surface area contributed by atoms with E-state index in [1.807, 2.05) is 56.9 Å². The smallest absolute Gasteiger partial charge is 0.220 e. The summed E-state index contributed by atoms with van der Waals surface area (Å²) in [6, 6.07) is 10.1. The number of methoxy groups -OCH3 is 1. The van der Waals surface area contributed by atoms with Gasteiger partial charge < -0.3 is 15.0 Å². The van der Waals surface area contributed by atoms with Crippen LogP contribution in [0.25, 0.3) is 0 Å². The summed E-state index contributed by atoms with van der Waals surface area (Å²) in [5.41, 5.74) is 4.19. The number of carbonyl (C=O) groups is 1. The molecule has 0 spiro atoms. The van der Waals surface area contributed by atoms with Crippen LogP contribution in [0, 0.1) is 25.2 Å². The van der Waals surface area contributed by atoms with Gasteiger partial charge in [-0.05, 0) is 57.6 Å². The summed E-state index contributed by atoms with van der Waals surface area (Å²) >= 11 is 0. The van der Waals surface area contributed by atoms with Crippen LogP contribution in [-0.4, -0.2) is 48.3 Å². The van der Waals surface area contributed by atoms with Crippen molar-refractivity contribution < 1.29 is 9.53 Å². The van der Waals surface area contributed by atoms with Gasteiger partial charge in [0.15, 0.2) is 0 Å². The fourth-order valence-electron chi connectivity index (χ4n) is 3.43. The summed E-state index contributed by atoms with van der Waals surface area (Å²) in [7, 11) is 5.65. The Bertz CT molecular complexity index is 849. The van der Waals surface area contributed by atoms with Crippen molar-refractivity contribution in [3.8, 4) is 11.8 Å². The van der Waals surface area contributed by atoms with Crippen LogP contribution in [0.2, 0.25) is 0 Å². The minimum absolute atomic E-state index is 0.0222. The SMILES string of the molecule is COc1ccc([C@H](CNC(=O)CCc2c(C)nn(CCC#N)c2C)N(C)C)cc1. The zero-order chi connectivity index (χ0) is 21.4. The summed E-state index contributed by atoms with van der Waals surface area (Å²) < 4.78 is 7.08. The number of carbonyl (C=O) groups excluding carboxylic acids is 1. The van der Waals surface area contributed by atoms with Crippen molar-refractivity contribution in [3.05, 3.63) is 46.8 Å². The molecule has 1 atom stereocenters. The maximum atomic E-state index is 12.5. The minimum Gasteiger partial charge on any atom is -0.497 e. The van der Waals surface area contributed by atoms with Gasteiger partial charge in [0.2, 0.25) is 5.91 Å². The molecule has 0 unspecified atom stereocenters. The molecule has 1 N–H and O–H groups in total. The Morgan fingerprint density at radius 1 is 1.31 bits per heavy atom. The van der Waals surface area contributed by atoms with Gasteiger partial charge >= 0.3 is 0 Å². The number of hydrogen-bond acceptors (Lipinski definition) is 5. The molecule has 0 aliphatic carbocycles. The van der Waals surface area contributed by atoms with Gasteiger partial charge in [-0.15, -0.1) is 0 Å². The highest BCUT2D eigenvalue weighted by Gasteiger charge is 2.17. The number of amides is 1. The Kier molecular flexibility index (Phi) is 8.22. The number of nitrogens with zero attached hydrogens (tertiary/aromatic N) is 4. The highest BCUT2D eigenvalue weighted by atomic mass is 16.5. The molecule has 1 amide bonds. The molecule has 1 aromatic heterocycles. The second kappa shape index (κ2) is 10.6. The average Bonchev–Trinajstić information content (AvgIpc) is 2.98. The van der Waals surface area contributed by atoms with E-state index in [1.165, 1.54) is 0 Å². The van der Waals surface area contributed by atoms with Crippen molar-refractivity contribution in [2.24, 2.45) is 0 Å². The van der Waals surface area contributed by atoms with Gasteiger partial charge in [0.05, 0.1) is 37.9 Å². The van der Waals surface area contributed by atoms with Crippen molar-refractivity contribution in [2.75, 3.05) is 27.7 Å². The lowest BCUT2D eigenvalue weighted by Gasteiger charge is -2.25. The van der Waals surface area contributed by atoms with Crippen LogP contribution in [0.3, 0.4) is 0 Å². The number of rotatable bonds is 10. The van der Waals surface area contributed by atoms with E-state index < -0.39 is 0 Å². The van der Waals surface area contributed by atoms with E-state index in [-0.39, 0.29) is 11.9 Å². The van der Waals surface area contributed by atoms with Gasteiger partial charge in [-0.25, -0.2) is 0 Å². The zero-order valence-corrected chi connectivity index (χ0v) is 18.0. The van der Waals surface area contributed by atoms with Gasteiger partial charge in [-0.2, -0.15) is 10.4 Å².